The molecule has 1 fully saturated rings. The van der Waals surface area contributed by atoms with Crippen LogP contribution in [0.15, 0.2) is 12.7 Å². The van der Waals surface area contributed by atoms with E-state index >= 15 is 0 Å². The molecule has 1 aliphatic rings. The first kappa shape index (κ1) is 15.2. The van der Waals surface area contributed by atoms with E-state index in [1.54, 1.807) is 11.0 Å². The van der Waals surface area contributed by atoms with Gasteiger partial charge in [0.1, 0.15) is 0 Å². The molecule has 0 aromatic carbocycles. The number of aliphatic hydroxyl groups excluding tert-OH is 1. The van der Waals surface area contributed by atoms with Crippen LogP contribution in [0, 0.1) is 11.3 Å². The molecule has 1 aliphatic carbocycles. The third-order valence-corrected chi connectivity index (χ3v) is 3.82. The lowest BCUT2D eigenvalue weighted by atomic mass is 9.77. The van der Waals surface area contributed by atoms with Crippen LogP contribution in [-0.4, -0.2) is 35.6 Å². The number of rotatable bonds is 7. The average Bonchev–Trinajstić information content (AvgIpc) is 2.76. The molecule has 1 amide bonds. The molecule has 0 radical (unpaired) electrons. The van der Waals surface area contributed by atoms with E-state index in [4.69, 9.17) is 5.11 Å². The zero-order valence-electron chi connectivity index (χ0n) is 11.8. The van der Waals surface area contributed by atoms with Crippen LogP contribution in [0.25, 0.3) is 0 Å². The van der Waals surface area contributed by atoms with Crippen LogP contribution in [0.4, 0.5) is 0 Å². The molecule has 104 valence electrons. The molecule has 0 spiro atoms. The van der Waals surface area contributed by atoms with Gasteiger partial charge in [0, 0.05) is 18.5 Å². The lowest BCUT2D eigenvalue weighted by Gasteiger charge is -2.35. The van der Waals surface area contributed by atoms with Gasteiger partial charge in [0.15, 0.2) is 0 Å². The predicted molar refractivity (Wildman–Crippen MR) is 74.2 cm³/mol. The van der Waals surface area contributed by atoms with Gasteiger partial charge in [-0.3, -0.25) is 4.79 Å². The van der Waals surface area contributed by atoms with Crippen molar-refractivity contribution in [1.29, 1.82) is 0 Å². The molecule has 1 rings (SSSR count). The normalized spacial score (nSPS) is 18.0. The van der Waals surface area contributed by atoms with Gasteiger partial charge in [-0.15, -0.1) is 6.58 Å². The maximum Gasteiger partial charge on any atom is 0.229 e. The number of carbonyl (C=O) groups excluding carboxylic acids is 1. The number of carbonyl (C=O) groups is 1. The van der Waals surface area contributed by atoms with Crippen molar-refractivity contribution < 1.29 is 9.90 Å². The third kappa shape index (κ3) is 3.58. The monoisotopic (exact) mass is 253 g/mol. The summed E-state index contributed by atoms with van der Waals surface area (Å²) in [6.07, 6.45) is 7.02. The van der Waals surface area contributed by atoms with Crippen LogP contribution in [-0.2, 0) is 4.79 Å². The van der Waals surface area contributed by atoms with Gasteiger partial charge in [-0.1, -0.05) is 32.8 Å². The van der Waals surface area contributed by atoms with Crippen molar-refractivity contribution in [3.05, 3.63) is 12.7 Å². The van der Waals surface area contributed by atoms with Crippen LogP contribution in [0.1, 0.15) is 46.0 Å². The van der Waals surface area contributed by atoms with Gasteiger partial charge in [-0.2, -0.15) is 0 Å². The summed E-state index contributed by atoms with van der Waals surface area (Å²) in [7, 11) is 0. The van der Waals surface area contributed by atoms with Crippen molar-refractivity contribution >= 4 is 5.91 Å². The van der Waals surface area contributed by atoms with Crippen molar-refractivity contribution in [2.24, 2.45) is 11.3 Å². The van der Waals surface area contributed by atoms with Crippen molar-refractivity contribution in [2.45, 2.75) is 46.0 Å². The molecule has 3 heteroatoms. The SMILES string of the molecule is C=CCN(CCO)C(=O)C1(CC(C)C)CCCC1. The minimum atomic E-state index is -0.174. The Morgan fingerprint density at radius 1 is 1.44 bits per heavy atom. The average molecular weight is 253 g/mol. The number of amides is 1. The van der Waals surface area contributed by atoms with Crippen LogP contribution >= 0.6 is 0 Å². The van der Waals surface area contributed by atoms with E-state index in [1.165, 1.54) is 0 Å². The summed E-state index contributed by atoms with van der Waals surface area (Å²) in [5, 5.41) is 9.09. The zero-order chi connectivity index (χ0) is 13.6. The third-order valence-electron chi connectivity index (χ3n) is 3.82. The lowest BCUT2D eigenvalue weighted by molar-refractivity contribution is -0.143. The van der Waals surface area contributed by atoms with Gasteiger partial charge < -0.3 is 10.0 Å². The molecule has 0 saturated heterocycles. The highest BCUT2D eigenvalue weighted by atomic mass is 16.3. The molecule has 1 N–H and O–H groups in total. The van der Waals surface area contributed by atoms with Gasteiger partial charge in [-0.05, 0) is 25.2 Å². The highest BCUT2D eigenvalue weighted by Gasteiger charge is 2.43. The molecule has 1 saturated carbocycles. The molecule has 0 aromatic rings. The number of hydrogen-bond donors (Lipinski definition) is 1. The van der Waals surface area contributed by atoms with Gasteiger partial charge in [0.25, 0.3) is 0 Å². The summed E-state index contributed by atoms with van der Waals surface area (Å²) < 4.78 is 0. The fraction of sp³-hybridized carbons (Fsp3) is 0.800. The molecule has 3 nitrogen and oxygen atoms in total. The molecule has 0 bridgehead atoms. The fourth-order valence-corrected chi connectivity index (χ4v) is 3.23. The number of nitrogens with zero attached hydrogens (tertiary/aromatic N) is 1. The summed E-state index contributed by atoms with van der Waals surface area (Å²) in [4.78, 5) is 14.5. The first-order valence-corrected chi connectivity index (χ1v) is 7.07. The molecule has 0 aliphatic heterocycles. The Labute approximate surface area is 111 Å². The van der Waals surface area contributed by atoms with Crippen LogP contribution in [0.3, 0.4) is 0 Å². The number of hydrogen-bond acceptors (Lipinski definition) is 2. The van der Waals surface area contributed by atoms with E-state index in [2.05, 4.69) is 20.4 Å². The van der Waals surface area contributed by atoms with Gasteiger partial charge in [0.2, 0.25) is 5.91 Å². The Kier molecular flexibility index (Phi) is 5.86. The molecular weight excluding hydrogens is 226 g/mol. The molecule has 0 atom stereocenters. The largest absolute Gasteiger partial charge is 0.395 e. The Morgan fingerprint density at radius 2 is 2.06 bits per heavy atom. The smallest absolute Gasteiger partial charge is 0.229 e. The quantitative estimate of drug-likeness (QED) is 0.708. The fourth-order valence-electron chi connectivity index (χ4n) is 3.23. The molecule has 0 heterocycles. The first-order chi connectivity index (χ1) is 8.55. The summed E-state index contributed by atoms with van der Waals surface area (Å²) in [5.41, 5.74) is -0.174. The molecule has 0 unspecified atom stereocenters. The Bertz CT molecular complexity index is 280. The minimum Gasteiger partial charge on any atom is -0.395 e. The van der Waals surface area contributed by atoms with E-state index in [1.807, 2.05) is 0 Å². The van der Waals surface area contributed by atoms with Gasteiger partial charge >= 0.3 is 0 Å². The maximum atomic E-state index is 12.7. The highest BCUT2D eigenvalue weighted by molar-refractivity contribution is 5.83. The van der Waals surface area contributed by atoms with Crippen LogP contribution < -0.4 is 0 Å². The summed E-state index contributed by atoms with van der Waals surface area (Å²) in [5.74, 6) is 0.759. The summed E-state index contributed by atoms with van der Waals surface area (Å²) >= 11 is 0. The summed E-state index contributed by atoms with van der Waals surface area (Å²) in [6, 6.07) is 0. The highest BCUT2D eigenvalue weighted by Crippen LogP contribution is 2.44. The Balaban J connectivity index is 2.82. The second-order valence-electron chi connectivity index (χ2n) is 5.85. The second kappa shape index (κ2) is 6.93. The van der Waals surface area contributed by atoms with Gasteiger partial charge in [-0.25, -0.2) is 0 Å². The van der Waals surface area contributed by atoms with E-state index in [0.29, 0.717) is 19.0 Å². The van der Waals surface area contributed by atoms with Crippen molar-refractivity contribution in [1.82, 2.24) is 4.90 Å². The van der Waals surface area contributed by atoms with E-state index in [-0.39, 0.29) is 17.9 Å². The predicted octanol–water partition coefficient (Wildman–Crippen LogP) is 2.60. The van der Waals surface area contributed by atoms with Crippen LogP contribution in [0.5, 0.6) is 0 Å². The Morgan fingerprint density at radius 3 is 2.50 bits per heavy atom. The second-order valence-corrected chi connectivity index (χ2v) is 5.85. The standard InChI is InChI=1S/C15H27NO2/c1-4-9-16(10-11-17)14(18)15(12-13(2)3)7-5-6-8-15/h4,13,17H,1,5-12H2,2-3H3. The summed E-state index contributed by atoms with van der Waals surface area (Å²) in [6.45, 7) is 9.04. The molecular formula is C15H27NO2. The van der Waals surface area contributed by atoms with E-state index < -0.39 is 0 Å². The maximum absolute atomic E-state index is 12.7. The Hall–Kier alpha value is -0.830. The van der Waals surface area contributed by atoms with Crippen molar-refractivity contribution in [3.63, 3.8) is 0 Å². The van der Waals surface area contributed by atoms with E-state index in [0.717, 1.165) is 32.1 Å². The first-order valence-electron chi connectivity index (χ1n) is 7.07. The minimum absolute atomic E-state index is 0.0251. The van der Waals surface area contributed by atoms with Crippen LogP contribution in [0.2, 0.25) is 0 Å². The van der Waals surface area contributed by atoms with Gasteiger partial charge in [0.05, 0.1) is 6.61 Å². The zero-order valence-corrected chi connectivity index (χ0v) is 11.8. The van der Waals surface area contributed by atoms with Crippen molar-refractivity contribution in [2.75, 3.05) is 19.7 Å². The number of aliphatic hydroxyl groups is 1. The lowest BCUT2D eigenvalue weighted by Crippen LogP contribution is -2.44. The molecule has 18 heavy (non-hydrogen) atoms. The van der Waals surface area contributed by atoms with E-state index in [9.17, 15) is 4.79 Å². The topological polar surface area (TPSA) is 40.5 Å². The molecule has 0 aromatic heterocycles. The van der Waals surface area contributed by atoms with Crippen molar-refractivity contribution in [3.8, 4) is 0 Å².